The summed E-state index contributed by atoms with van der Waals surface area (Å²) in [6, 6.07) is 116. The molecule has 0 aliphatic heterocycles. The molecule has 0 aliphatic rings. The highest BCUT2D eigenvalue weighted by molar-refractivity contribution is 9.10. The first kappa shape index (κ1) is 63.0. The first-order valence-electron chi connectivity index (χ1n) is 34.3. The van der Waals surface area contributed by atoms with Gasteiger partial charge in [-0.1, -0.05) is 240 Å². The third kappa shape index (κ3) is 11.6. The Balaban J connectivity index is 0.000000122. The molecule has 0 bridgehead atoms. The van der Waals surface area contributed by atoms with Crippen LogP contribution < -0.4 is 5.46 Å². The van der Waals surface area contributed by atoms with E-state index in [9.17, 15) is 10.0 Å². The zero-order valence-corrected chi connectivity index (χ0v) is 57.4. The highest BCUT2D eigenvalue weighted by Gasteiger charge is 2.23. The van der Waals surface area contributed by atoms with E-state index in [2.05, 4.69) is 241 Å². The summed E-state index contributed by atoms with van der Waals surface area (Å²) in [5.41, 5.74) is 22.8. The fraction of sp³-hybridized carbons (Fsp3) is 0. The van der Waals surface area contributed by atoms with Crippen molar-refractivity contribution in [3.05, 3.63) is 357 Å². The van der Waals surface area contributed by atoms with Crippen LogP contribution in [0.3, 0.4) is 0 Å². The molecule has 8 aromatic heterocycles. The van der Waals surface area contributed by atoms with E-state index in [0.717, 1.165) is 149 Å². The van der Waals surface area contributed by atoms with Crippen LogP contribution in [0.5, 0.6) is 0 Å². The van der Waals surface area contributed by atoms with Crippen LogP contribution in [0.25, 0.3) is 167 Å². The fourth-order valence-electron chi connectivity index (χ4n) is 14.4. The maximum absolute atomic E-state index is 9.82. The quantitative estimate of drug-likeness (QED) is 0.129. The van der Waals surface area contributed by atoms with Crippen molar-refractivity contribution in [2.24, 2.45) is 0 Å². The van der Waals surface area contributed by atoms with Crippen molar-refractivity contribution >= 4 is 116 Å². The molecule has 0 unspecified atom stereocenters. The third-order valence-corrected chi connectivity index (χ3v) is 19.6. The number of aromatic nitrogens is 10. The second kappa shape index (κ2) is 27.0. The number of hydrogen-bond donors (Lipinski definition) is 2. The van der Waals surface area contributed by atoms with E-state index < -0.39 is 7.12 Å². The van der Waals surface area contributed by atoms with Gasteiger partial charge in [0, 0.05) is 82.8 Å². The van der Waals surface area contributed by atoms with Gasteiger partial charge >= 0.3 is 7.12 Å². The maximum Gasteiger partial charge on any atom is 0.488 e. The monoisotopic (exact) mass is 1400 g/mol. The summed E-state index contributed by atoms with van der Waals surface area (Å²) in [6.45, 7) is 0. The lowest BCUT2D eigenvalue weighted by atomic mass is 9.80. The Hall–Kier alpha value is -13.2. The molecule has 0 fully saturated rings. The Bertz CT molecular complexity index is 6470. The second-order valence-corrected chi connectivity index (χ2v) is 26.3. The molecule has 12 nitrogen and oxygen atoms in total. The molecule has 2 N–H and O–H groups in total. The molecule has 12 aromatic carbocycles. The normalized spacial score (nSPS) is 11.4. The molecule has 20 rings (SSSR count). The van der Waals surface area contributed by atoms with Gasteiger partial charge < -0.3 is 19.2 Å². The van der Waals surface area contributed by atoms with Gasteiger partial charge in [-0.2, -0.15) is 0 Å². The van der Waals surface area contributed by atoms with E-state index >= 15 is 0 Å². The van der Waals surface area contributed by atoms with Gasteiger partial charge in [0.15, 0.2) is 0 Å². The van der Waals surface area contributed by atoms with Gasteiger partial charge in [-0.05, 0) is 132 Å². The van der Waals surface area contributed by atoms with E-state index in [-0.39, 0.29) is 0 Å². The van der Waals surface area contributed by atoms with Crippen molar-refractivity contribution in [2.45, 2.75) is 0 Å². The number of rotatable bonds is 10. The summed E-state index contributed by atoms with van der Waals surface area (Å²) in [5.74, 6) is 1.16. The number of pyridine rings is 2. The van der Waals surface area contributed by atoms with E-state index in [1.807, 2.05) is 138 Å². The summed E-state index contributed by atoms with van der Waals surface area (Å²) in [5, 5.41) is 26.3. The summed E-state index contributed by atoms with van der Waals surface area (Å²) in [6.07, 6.45) is 3.72. The van der Waals surface area contributed by atoms with Crippen LogP contribution in [0.4, 0.5) is 0 Å². The minimum Gasteiger partial charge on any atom is -0.423 e. The van der Waals surface area contributed by atoms with Gasteiger partial charge in [0.2, 0.25) is 11.9 Å². The minimum absolute atomic E-state index is 0.416. The van der Waals surface area contributed by atoms with Crippen molar-refractivity contribution in [1.29, 1.82) is 0 Å². The molecule has 0 saturated heterocycles. The highest BCUT2D eigenvalue weighted by Crippen LogP contribution is 2.40. The van der Waals surface area contributed by atoms with Crippen molar-refractivity contribution in [3.8, 4) is 79.4 Å². The average Bonchev–Trinajstić information content (AvgIpc) is 1.61. The van der Waals surface area contributed by atoms with Crippen LogP contribution in [0.15, 0.2) is 357 Å². The van der Waals surface area contributed by atoms with E-state index in [4.69, 9.17) is 24.9 Å². The van der Waals surface area contributed by atoms with Crippen molar-refractivity contribution in [3.63, 3.8) is 0 Å². The zero-order chi connectivity index (χ0) is 69.6. The Labute approximate surface area is 606 Å². The molecule has 0 spiro atoms. The first-order chi connectivity index (χ1) is 51.3. The average molecular weight is 1400 g/mol. The summed E-state index contributed by atoms with van der Waals surface area (Å²) in [7, 11) is -1.56. The molecule has 0 saturated carbocycles. The highest BCUT2D eigenvalue weighted by atomic mass is 79.9. The predicted octanol–water partition coefficient (Wildman–Crippen LogP) is 20.6. The third-order valence-electron chi connectivity index (χ3n) is 19.1. The van der Waals surface area contributed by atoms with Gasteiger partial charge in [-0.3, -0.25) is 19.1 Å². The smallest absolute Gasteiger partial charge is 0.423 e. The molecule has 20 aromatic rings. The Morgan fingerprint density at radius 1 is 0.250 bits per heavy atom. The maximum atomic E-state index is 9.82. The summed E-state index contributed by atoms with van der Waals surface area (Å²) >= 11 is 3.56. The van der Waals surface area contributed by atoms with Gasteiger partial charge in [0.1, 0.15) is 0 Å². The van der Waals surface area contributed by atoms with Crippen molar-refractivity contribution in [2.75, 3.05) is 0 Å². The van der Waals surface area contributed by atoms with Crippen molar-refractivity contribution in [1.82, 2.24) is 48.2 Å². The standard InChI is InChI=1S/C45H29N5.C28H20BN3O2.C17H11BrN2/c1-4-13-30(14-5-1)38-29-39(31-15-6-2-7-16-31)48-45(47-38)50-40-20-11-10-19-35(40)36-24-22-32(27-42(36)50)33-23-25-37-43(28-33)49(34-17-8-3-9-18-34)41-21-12-26-46-44(37)41;33-29(34)21-15-16-23-22-13-7-8-14-26(22)32(27(23)17-21)28-30-24(19-9-3-1-4-10-19)18-25(31-28)20-11-5-2-6-12-20;18-12-8-9-14-16(11-12)20(13-5-2-1-3-6-13)15-7-4-10-19-17(14)15/h1-29H;1-18,33-34H;1-11H. The van der Waals surface area contributed by atoms with E-state index in [0.29, 0.717) is 17.4 Å². The minimum atomic E-state index is -1.56. The summed E-state index contributed by atoms with van der Waals surface area (Å²) < 4.78 is 9.85. The molecule has 104 heavy (non-hydrogen) atoms. The van der Waals surface area contributed by atoms with Gasteiger partial charge in [0.25, 0.3) is 0 Å². The SMILES string of the molecule is Brc1ccc2c3ncccc3n(-c3ccccc3)c2c1.OB(O)c1ccc2c3ccccc3n(-c3nc(-c4ccccc4)cc(-c4ccccc4)n3)c2c1.c1ccc(-c2cc(-c3ccccc3)nc(-n3c4ccccc4c4ccc(-c5ccc6c7ncccc7n(-c7ccccc7)c6c5)cc43)n2)cc1. The van der Waals surface area contributed by atoms with Crippen molar-refractivity contribution < 1.29 is 10.0 Å². The largest absolute Gasteiger partial charge is 0.488 e. The molecule has 0 radical (unpaired) electrons. The number of fused-ring (bicyclic) bond motifs is 12. The number of hydrogen-bond acceptors (Lipinski definition) is 8. The molecule has 0 amide bonds. The molecule has 8 heterocycles. The van der Waals surface area contributed by atoms with Gasteiger partial charge in [-0.25, -0.2) is 19.9 Å². The zero-order valence-electron chi connectivity index (χ0n) is 55.8. The van der Waals surface area contributed by atoms with Crippen LogP contribution in [0.1, 0.15) is 0 Å². The van der Waals surface area contributed by atoms with Crippen LogP contribution in [-0.4, -0.2) is 65.3 Å². The Morgan fingerprint density at radius 2 is 0.577 bits per heavy atom. The van der Waals surface area contributed by atoms with Gasteiger partial charge in [0.05, 0.1) is 77.9 Å². The van der Waals surface area contributed by atoms with Gasteiger partial charge in [-0.15, -0.1) is 0 Å². The molecule has 492 valence electrons. The Kier molecular flexibility index (Phi) is 16.4. The Morgan fingerprint density at radius 3 is 1.00 bits per heavy atom. The van der Waals surface area contributed by atoms with Crippen LogP contribution in [0, 0.1) is 0 Å². The number of benzene rings is 12. The predicted molar refractivity (Wildman–Crippen MR) is 428 cm³/mol. The lowest BCUT2D eigenvalue weighted by Crippen LogP contribution is -2.29. The molecule has 0 aliphatic carbocycles. The molecular formula is C90H60BBrN10O2. The topological polar surface area (TPSA) is 138 Å². The second-order valence-electron chi connectivity index (χ2n) is 25.4. The van der Waals surface area contributed by atoms with Crippen LogP contribution in [-0.2, 0) is 0 Å². The molecule has 14 heteroatoms. The molecule has 0 atom stereocenters. The number of halogens is 1. The van der Waals surface area contributed by atoms with Crippen LogP contribution >= 0.6 is 15.9 Å². The van der Waals surface area contributed by atoms with E-state index in [1.165, 1.54) is 10.9 Å². The fourth-order valence-corrected chi connectivity index (χ4v) is 14.7. The molecular weight excluding hydrogens is 1340 g/mol. The first-order valence-corrected chi connectivity index (χ1v) is 35.1. The number of nitrogens with zero attached hydrogens (tertiary/aromatic N) is 10. The van der Waals surface area contributed by atoms with E-state index in [1.54, 1.807) is 12.1 Å². The number of para-hydroxylation sites is 4. The summed E-state index contributed by atoms with van der Waals surface area (Å²) in [4.78, 5) is 29.7. The van der Waals surface area contributed by atoms with Crippen LogP contribution in [0.2, 0.25) is 0 Å². The lowest BCUT2D eigenvalue weighted by Gasteiger charge is -2.12. The lowest BCUT2D eigenvalue weighted by molar-refractivity contribution is 0.426.